The minimum atomic E-state index is -4.63. The molecule has 1 aliphatic rings. The van der Waals surface area contributed by atoms with Gasteiger partial charge in [-0.15, -0.1) is 0 Å². The number of H-pyrrole nitrogens is 1. The second kappa shape index (κ2) is 5.68. The fourth-order valence-electron chi connectivity index (χ4n) is 2.33. The molecule has 20 heavy (non-hydrogen) atoms. The number of hydrogen-bond donors (Lipinski definition) is 2. The molecular formula is C13H15F3N2O2. The molecule has 0 aromatic carbocycles. The summed E-state index contributed by atoms with van der Waals surface area (Å²) < 4.78 is 37.2. The van der Waals surface area contributed by atoms with Crippen LogP contribution in [0.4, 0.5) is 13.2 Å². The SMILES string of the molecule is O=C(NC1CCCCC1)c1ccc(C(F)(F)F)[nH]c1=O. The number of hydrogen-bond acceptors (Lipinski definition) is 2. The van der Waals surface area contributed by atoms with Gasteiger partial charge in [0.25, 0.3) is 11.5 Å². The van der Waals surface area contributed by atoms with Crippen LogP contribution in [0.1, 0.15) is 48.2 Å². The zero-order valence-electron chi connectivity index (χ0n) is 10.7. The molecule has 0 bridgehead atoms. The van der Waals surface area contributed by atoms with E-state index in [1.807, 2.05) is 0 Å². The number of nitrogens with one attached hydrogen (secondary N) is 2. The molecular weight excluding hydrogens is 273 g/mol. The molecule has 1 amide bonds. The van der Waals surface area contributed by atoms with Gasteiger partial charge in [0.05, 0.1) is 0 Å². The van der Waals surface area contributed by atoms with E-state index in [0.717, 1.165) is 38.2 Å². The summed E-state index contributed by atoms with van der Waals surface area (Å²) in [7, 11) is 0. The Hall–Kier alpha value is -1.79. The molecule has 2 rings (SSSR count). The van der Waals surface area contributed by atoms with Crippen LogP contribution in [0, 0.1) is 0 Å². The lowest BCUT2D eigenvalue weighted by Crippen LogP contribution is -2.38. The van der Waals surface area contributed by atoms with E-state index < -0.39 is 23.3 Å². The standard InChI is InChI=1S/C13H15F3N2O2/c14-13(15,16)10-7-6-9(12(20)18-10)11(19)17-8-4-2-1-3-5-8/h6-8H,1-5H2,(H,17,19)(H,18,20). The van der Waals surface area contributed by atoms with Crippen LogP contribution in [0.3, 0.4) is 0 Å². The number of halogens is 3. The second-order valence-corrected chi connectivity index (χ2v) is 4.92. The number of aromatic nitrogens is 1. The van der Waals surface area contributed by atoms with Crippen molar-refractivity contribution in [1.82, 2.24) is 10.3 Å². The van der Waals surface area contributed by atoms with Crippen molar-refractivity contribution >= 4 is 5.91 Å². The van der Waals surface area contributed by atoms with Gasteiger partial charge in [-0.1, -0.05) is 19.3 Å². The smallest absolute Gasteiger partial charge is 0.349 e. The topological polar surface area (TPSA) is 62.0 Å². The predicted molar refractivity (Wildman–Crippen MR) is 66.4 cm³/mol. The van der Waals surface area contributed by atoms with Crippen molar-refractivity contribution in [3.63, 3.8) is 0 Å². The van der Waals surface area contributed by atoms with Crippen LogP contribution in [0.2, 0.25) is 0 Å². The second-order valence-electron chi connectivity index (χ2n) is 4.92. The maximum Gasteiger partial charge on any atom is 0.431 e. The maximum absolute atomic E-state index is 12.4. The normalized spacial score (nSPS) is 16.9. The third kappa shape index (κ3) is 3.40. The molecule has 1 aliphatic carbocycles. The highest BCUT2D eigenvalue weighted by molar-refractivity contribution is 5.94. The summed E-state index contributed by atoms with van der Waals surface area (Å²) in [6.45, 7) is 0. The Balaban J connectivity index is 2.12. The summed E-state index contributed by atoms with van der Waals surface area (Å²) >= 11 is 0. The average Bonchev–Trinajstić information content (AvgIpc) is 2.38. The molecule has 0 saturated heterocycles. The molecule has 0 atom stereocenters. The fraction of sp³-hybridized carbons (Fsp3) is 0.538. The molecule has 7 heteroatoms. The number of pyridine rings is 1. The minimum absolute atomic E-state index is 0.00190. The molecule has 110 valence electrons. The Labute approximate surface area is 113 Å². The van der Waals surface area contributed by atoms with Crippen LogP contribution in [0.5, 0.6) is 0 Å². The quantitative estimate of drug-likeness (QED) is 0.878. The first-order valence-electron chi connectivity index (χ1n) is 6.49. The van der Waals surface area contributed by atoms with Gasteiger partial charge < -0.3 is 10.3 Å². The summed E-state index contributed by atoms with van der Waals surface area (Å²) in [6.07, 6.45) is 0.182. The van der Waals surface area contributed by atoms with E-state index in [-0.39, 0.29) is 11.6 Å². The van der Waals surface area contributed by atoms with Gasteiger partial charge in [-0.2, -0.15) is 13.2 Å². The molecule has 2 N–H and O–H groups in total. The van der Waals surface area contributed by atoms with E-state index in [2.05, 4.69) is 5.32 Å². The monoisotopic (exact) mass is 288 g/mol. The molecule has 0 radical (unpaired) electrons. The van der Waals surface area contributed by atoms with Gasteiger partial charge in [-0.05, 0) is 25.0 Å². The lowest BCUT2D eigenvalue weighted by molar-refractivity contribution is -0.141. The van der Waals surface area contributed by atoms with Crippen molar-refractivity contribution in [3.8, 4) is 0 Å². The highest BCUT2D eigenvalue weighted by Gasteiger charge is 2.32. The Morgan fingerprint density at radius 3 is 2.40 bits per heavy atom. The lowest BCUT2D eigenvalue weighted by atomic mass is 9.95. The first-order chi connectivity index (χ1) is 9.38. The summed E-state index contributed by atoms with van der Waals surface area (Å²) in [5.41, 5.74) is -2.46. The maximum atomic E-state index is 12.4. The number of alkyl halides is 3. The van der Waals surface area contributed by atoms with Crippen LogP contribution in [-0.2, 0) is 6.18 Å². The van der Waals surface area contributed by atoms with Crippen LogP contribution in [0.25, 0.3) is 0 Å². The molecule has 0 spiro atoms. The van der Waals surface area contributed by atoms with Crippen molar-refractivity contribution in [2.75, 3.05) is 0 Å². The lowest BCUT2D eigenvalue weighted by Gasteiger charge is -2.22. The Morgan fingerprint density at radius 1 is 1.20 bits per heavy atom. The van der Waals surface area contributed by atoms with Gasteiger partial charge in [0.1, 0.15) is 11.3 Å². The molecule has 1 aromatic rings. The van der Waals surface area contributed by atoms with Crippen LogP contribution >= 0.6 is 0 Å². The molecule has 1 heterocycles. The van der Waals surface area contributed by atoms with Crippen molar-refractivity contribution in [2.24, 2.45) is 0 Å². The van der Waals surface area contributed by atoms with Gasteiger partial charge in [0, 0.05) is 6.04 Å². The third-order valence-electron chi connectivity index (χ3n) is 3.40. The predicted octanol–water partition coefficient (Wildman–Crippen LogP) is 2.46. The van der Waals surface area contributed by atoms with Crippen molar-refractivity contribution in [1.29, 1.82) is 0 Å². The molecule has 0 aliphatic heterocycles. The number of carbonyl (C=O) groups excluding carboxylic acids is 1. The molecule has 4 nitrogen and oxygen atoms in total. The summed E-state index contributed by atoms with van der Waals surface area (Å²) in [6, 6.07) is 1.62. The van der Waals surface area contributed by atoms with E-state index in [0.29, 0.717) is 6.07 Å². The van der Waals surface area contributed by atoms with E-state index in [1.165, 1.54) is 0 Å². The van der Waals surface area contributed by atoms with Gasteiger partial charge in [-0.3, -0.25) is 9.59 Å². The number of carbonyl (C=O) groups is 1. The minimum Gasteiger partial charge on any atom is -0.349 e. The Morgan fingerprint density at radius 2 is 1.85 bits per heavy atom. The van der Waals surface area contributed by atoms with Crippen molar-refractivity contribution < 1.29 is 18.0 Å². The van der Waals surface area contributed by atoms with Crippen molar-refractivity contribution in [2.45, 2.75) is 44.3 Å². The first kappa shape index (κ1) is 14.6. The Kier molecular flexibility index (Phi) is 4.15. The zero-order valence-corrected chi connectivity index (χ0v) is 10.7. The van der Waals surface area contributed by atoms with Crippen LogP contribution in [-0.4, -0.2) is 16.9 Å². The summed E-state index contributed by atoms with van der Waals surface area (Å²) in [5.74, 6) is -0.619. The molecule has 1 saturated carbocycles. The van der Waals surface area contributed by atoms with E-state index in [9.17, 15) is 22.8 Å². The van der Waals surface area contributed by atoms with E-state index >= 15 is 0 Å². The average molecular weight is 288 g/mol. The van der Waals surface area contributed by atoms with Crippen LogP contribution < -0.4 is 10.9 Å². The van der Waals surface area contributed by atoms with Gasteiger partial charge >= 0.3 is 6.18 Å². The van der Waals surface area contributed by atoms with E-state index in [1.54, 1.807) is 4.98 Å². The van der Waals surface area contributed by atoms with Gasteiger partial charge in [0.2, 0.25) is 0 Å². The highest BCUT2D eigenvalue weighted by atomic mass is 19.4. The fourth-order valence-corrected chi connectivity index (χ4v) is 2.33. The first-order valence-corrected chi connectivity index (χ1v) is 6.49. The number of rotatable bonds is 2. The van der Waals surface area contributed by atoms with Gasteiger partial charge in [0.15, 0.2) is 0 Å². The largest absolute Gasteiger partial charge is 0.431 e. The highest BCUT2D eigenvalue weighted by Crippen LogP contribution is 2.26. The van der Waals surface area contributed by atoms with Crippen LogP contribution in [0.15, 0.2) is 16.9 Å². The third-order valence-corrected chi connectivity index (χ3v) is 3.40. The molecule has 1 aromatic heterocycles. The summed E-state index contributed by atoms with van der Waals surface area (Å²) in [5, 5.41) is 2.69. The van der Waals surface area contributed by atoms with Crippen molar-refractivity contribution in [3.05, 3.63) is 33.7 Å². The summed E-state index contributed by atoms with van der Waals surface area (Å²) in [4.78, 5) is 25.1. The molecule has 1 fully saturated rings. The Bertz CT molecular complexity index is 545. The number of amides is 1. The molecule has 0 unspecified atom stereocenters. The zero-order chi connectivity index (χ0) is 14.8. The van der Waals surface area contributed by atoms with E-state index in [4.69, 9.17) is 0 Å². The number of aromatic amines is 1. The van der Waals surface area contributed by atoms with Gasteiger partial charge in [-0.25, -0.2) is 0 Å².